The van der Waals surface area contributed by atoms with Gasteiger partial charge in [0.15, 0.2) is 0 Å². The molecule has 1 fully saturated rings. The van der Waals surface area contributed by atoms with Gasteiger partial charge in [-0.15, -0.1) is 0 Å². The van der Waals surface area contributed by atoms with E-state index < -0.39 is 0 Å². The minimum absolute atomic E-state index is 0.719. The van der Waals surface area contributed by atoms with Crippen LogP contribution in [0.5, 0.6) is 0 Å². The summed E-state index contributed by atoms with van der Waals surface area (Å²) in [7, 11) is 0. The van der Waals surface area contributed by atoms with Crippen LogP contribution >= 0.6 is 11.6 Å². The van der Waals surface area contributed by atoms with Gasteiger partial charge in [-0.1, -0.05) is 25.4 Å². The van der Waals surface area contributed by atoms with E-state index in [0.717, 1.165) is 50.2 Å². The van der Waals surface area contributed by atoms with Gasteiger partial charge >= 0.3 is 0 Å². The average molecular weight is 296 g/mol. The first kappa shape index (κ1) is 15.6. The van der Waals surface area contributed by atoms with Crippen LogP contribution in [0.1, 0.15) is 13.8 Å². The van der Waals surface area contributed by atoms with Gasteiger partial charge in [-0.05, 0) is 43.3 Å². The van der Waals surface area contributed by atoms with Crippen molar-refractivity contribution in [2.75, 3.05) is 50.7 Å². The zero-order valence-corrected chi connectivity index (χ0v) is 13.4. The van der Waals surface area contributed by atoms with Gasteiger partial charge in [-0.3, -0.25) is 4.90 Å². The minimum Gasteiger partial charge on any atom is -0.369 e. The zero-order chi connectivity index (χ0) is 14.4. The third-order valence-corrected chi connectivity index (χ3v) is 4.13. The molecule has 0 amide bonds. The molecule has 1 heterocycles. The van der Waals surface area contributed by atoms with Crippen LogP contribution in [0.2, 0.25) is 5.02 Å². The first-order chi connectivity index (χ1) is 9.69. The second kappa shape index (κ2) is 7.87. The van der Waals surface area contributed by atoms with E-state index in [9.17, 15) is 0 Å². The van der Waals surface area contributed by atoms with Gasteiger partial charge in [-0.25, -0.2) is 0 Å². The normalized spacial score (nSPS) is 18.2. The third-order valence-electron chi connectivity index (χ3n) is 3.88. The Labute approximate surface area is 127 Å². The largest absolute Gasteiger partial charge is 0.369 e. The Balaban J connectivity index is 1.76. The number of anilines is 1. The average Bonchev–Trinajstić information content (AvgIpc) is 2.47. The van der Waals surface area contributed by atoms with E-state index in [-0.39, 0.29) is 0 Å². The Morgan fingerprint density at radius 1 is 1.15 bits per heavy atom. The number of rotatable bonds is 6. The maximum atomic E-state index is 5.94. The summed E-state index contributed by atoms with van der Waals surface area (Å²) in [6, 6.07) is 8.18. The molecule has 1 aromatic rings. The summed E-state index contributed by atoms with van der Waals surface area (Å²) in [5, 5.41) is 4.24. The molecular weight excluding hydrogens is 270 g/mol. The van der Waals surface area contributed by atoms with Gasteiger partial charge in [-0.2, -0.15) is 0 Å². The summed E-state index contributed by atoms with van der Waals surface area (Å²) >= 11 is 5.94. The summed E-state index contributed by atoms with van der Waals surface area (Å²) in [5.74, 6) is 0.719. The lowest BCUT2D eigenvalue weighted by molar-refractivity contribution is 0.223. The fraction of sp³-hybridized carbons (Fsp3) is 0.625. The molecule has 1 atom stereocenters. The second-order valence-corrected chi connectivity index (χ2v) is 6.11. The summed E-state index contributed by atoms with van der Waals surface area (Å²) in [5.41, 5.74) is 1.29. The smallest absolute Gasteiger partial charge is 0.0407 e. The van der Waals surface area contributed by atoms with Gasteiger partial charge < -0.3 is 10.2 Å². The lowest BCUT2D eigenvalue weighted by Gasteiger charge is -2.37. The Bertz CT molecular complexity index is 385. The number of benzene rings is 1. The lowest BCUT2D eigenvalue weighted by atomic mass is 10.1. The highest BCUT2D eigenvalue weighted by Gasteiger charge is 2.18. The number of hydrogen-bond acceptors (Lipinski definition) is 3. The van der Waals surface area contributed by atoms with Crippen molar-refractivity contribution in [1.82, 2.24) is 10.2 Å². The van der Waals surface area contributed by atoms with E-state index in [1.54, 1.807) is 0 Å². The molecule has 1 aliphatic rings. The molecule has 0 aliphatic carbocycles. The van der Waals surface area contributed by atoms with E-state index in [2.05, 4.69) is 41.1 Å². The molecule has 20 heavy (non-hydrogen) atoms. The Hall–Kier alpha value is -0.770. The van der Waals surface area contributed by atoms with Crippen LogP contribution in [0.4, 0.5) is 5.69 Å². The third kappa shape index (κ3) is 4.65. The zero-order valence-electron chi connectivity index (χ0n) is 12.6. The molecule has 0 saturated carbocycles. The maximum Gasteiger partial charge on any atom is 0.0407 e. The second-order valence-electron chi connectivity index (χ2n) is 5.68. The lowest BCUT2D eigenvalue weighted by Crippen LogP contribution is -2.48. The standard InChI is InChI=1S/C16H26ClN3/c1-3-18-12-14(2)13-19-8-10-20(11-9-19)16-6-4-15(17)5-7-16/h4-7,14,18H,3,8-13H2,1-2H3. The highest BCUT2D eigenvalue weighted by molar-refractivity contribution is 6.30. The predicted molar refractivity (Wildman–Crippen MR) is 87.8 cm³/mol. The molecule has 0 spiro atoms. The molecule has 1 aromatic carbocycles. The Kier molecular flexibility index (Phi) is 6.14. The van der Waals surface area contributed by atoms with Crippen LogP contribution in [0.25, 0.3) is 0 Å². The first-order valence-electron chi connectivity index (χ1n) is 7.62. The van der Waals surface area contributed by atoms with Gasteiger partial charge in [0, 0.05) is 43.4 Å². The van der Waals surface area contributed by atoms with Crippen molar-refractivity contribution in [2.24, 2.45) is 5.92 Å². The summed E-state index contributed by atoms with van der Waals surface area (Å²) in [6.07, 6.45) is 0. The van der Waals surface area contributed by atoms with Crippen molar-refractivity contribution in [2.45, 2.75) is 13.8 Å². The number of halogens is 1. The van der Waals surface area contributed by atoms with Crippen LogP contribution < -0.4 is 10.2 Å². The van der Waals surface area contributed by atoms with Crippen molar-refractivity contribution >= 4 is 17.3 Å². The number of piperazine rings is 1. The van der Waals surface area contributed by atoms with E-state index in [1.165, 1.54) is 12.2 Å². The van der Waals surface area contributed by atoms with Crippen LogP contribution in [-0.4, -0.2) is 50.7 Å². The molecule has 1 saturated heterocycles. The molecule has 4 heteroatoms. The molecule has 0 radical (unpaired) electrons. The molecule has 2 rings (SSSR count). The van der Waals surface area contributed by atoms with Crippen LogP contribution in [0.3, 0.4) is 0 Å². The van der Waals surface area contributed by atoms with Crippen LogP contribution in [0.15, 0.2) is 24.3 Å². The molecular formula is C16H26ClN3. The van der Waals surface area contributed by atoms with Crippen LogP contribution in [0, 0.1) is 5.92 Å². The SMILES string of the molecule is CCNCC(C)CN1CCN(c2ccc(Cl)cc2)CC1. The minimum atomic E-state index is 0.719. The summed E-state index contributed by atoms with van der Waals surface area (Å²) in [4.78, 5) is 5.02. The van der Waals surface area contributed by atoms with Crippen molar-refractivity contribution < 1.29 is 0 Å². The molecule has 3 nitrogen and oxygen atoms in total. The summed E-state index contributed by atoms with van der Waals surface area (Å²) in [6.45, 7) is 12.4. The van der Waals surface area contributed by atoms with Crippen molar-refractivity contribution in [3.8, 4) is 0 Å². The monoisotopic (exact) mass is 295 g/mol. The Morgan fingerprint density at radius 2 is 1.80 bits per heavy atom. The van der Waals surface area contributed by atoms with Gasteiger partial charge in [0.1, 0.15) is 0 Å². The topological polar surface area (TPSA) is 18.5 Å². The molecule has 1 unspecified atom stereocenters. The molecule has 1 aliphatic heterocycles. The van der Waals surface area contributed by atoms with Crippen molar-refractivity contribution in [3.63, 3.8) is 0 Å². The molecule has 1 N–H and O–H groups in total. The van der Waals surface area contributed by atoms with Crippen molar-refractivity contribution in [3.05, 3.63) is 29.3 Å². The quantitative estimate of drug-likeness (QED) is 0.870. The van der Waals surface area contributed by atoms with E-state index >= 15 is 0 Å². The maximum absolute atomic E-state index is 5.94. The Morgan fingerprint density at radius 3 is 2.40 bits per heavy atom. The molecule has 0 bridgehead atoms. The van der Waals surface area contributed by atoms with Gasteiger partial charge in [0.2, 0.25) is 0 Å². The fourth-order valence-corrected chi connectivity index (χ4v) is 2.86. The highest BCUT2D eigenvalue weighted by atomic mass is 35.5. The van der Waals surface area contributed by atoms with E-state index in [0.29, 0.717) is 0 Å². The summed E-state index contributed by atoms with van der Waals surface area (Å²) < 4.78 is 0. The van der Waals surface area contributed by atoms with Crippen molar-refractivity contribution in [1.29, 1.82) is 0 Å². The highest BCUT2D eigenvalue weighted by Crippen LogP contribution is 2.19. The molecule has 0 aromatic heterocycles. The number of nitrogens with zero attached hydrogens (tertiary/aromatic N) is 2. The van der Waals surface area contributed by atoms with Crippen LogP contribution in [-0.2, 0) is 0 Å². The number of nitrogens with one attached hydrogen (secondary N) is 1. The molecule has 112 valence electrons. The van der Waals surface area contributed by atoms with Gasteiger partial charge in [0.25, 0.3) is 0 Å². The van der Waals surface area contributed by atoms with E-state index in [1.807, 2.05) is 12.1 Å². The number of hydrogen-bond donors (Lipinski definition) is 1. The first-order valence-corrected chi connectivity index (χ1v) is 8.00. The van der Waals surface area contributed by atoms with Gasteiger partial charge in [0.05, 0.1) is 0 Å². The fourth-order valence-electron chi connectivity index (χ4n) is 2.74. The van der Waals surface area contributed by atoms with E-state index in [4.69, 9.17) is 11.6 Å². The predicted octanol–water partition coefficient (Wildman–Crippen LogP) is 2.71.